The summed E-state index contributed by atoms with van der Waals surface area (Å²) in [6.45, 7) is 1.60. The maximum atomic E-state index is 12.4. The predicted molar refractivity (Wildman–Crippen MR) is 78.0 cm³/mol. The number of halogens is 1. The van der Waals surface area contributed by atoms with Gasteiger partial charge in [-0.05, 0) is 24.6 Å². The van der Waals surface area contributed by atoms with Crippen LogP contribution in [0.1, 0.15) is 5.56 Å². The molecule has 2 rings (SSSR count). The fraction of sp³-hybridized carbons (Fsp3) is 0.455. The van der Waals surface area contributed by atoms with E-state index in [0.29, 0.717) is 11.3 Å². The summed E-state index contributed by atoms with van der Waals surface area (Å²) in [5, 5.41) is 0.271. The van der Waals surface area contributed by atoms with E-state index in [-0.39, 0.29) is 34.5 Å². The van der Waals surface area contributed by atoms with Crippen molar-refractivity contribution >= 4 is 37.1 Å². The van der Waals surface area contributed by atoms with Gasteiger partial charge >= 0.3 is 0 Å². The largest absolute Gasteiger partial charge is 0.398 e. The SMILES string of the molecule is Cc1c(N)cc(S(=O)(=O)N2CCS(=O)(=O)CC2)cc1Cl. The molecule has 0 amide bonds. The molecule has 1 aliphatic rings. The first-order chi connectivity index (χ1) is 9.13. The number of anilines is 1. The maximum Gasteiger partial charge on any atom is 0.243 e. The first-order valence-electron chi connectivity index (χ1n) is 5.90. The van der Waals surface area contributed by atoms with Gasteiger partial charge in [0.15, 0.2) is 9.84 Å². The lowest BCUT2D eigenvalue weighted by Gasteiger charge is -2.26. The topological polar surface area (TPSA) is 97.5 Å². The number of rotatable bonds is 2. The zero-order valence-electron chi connectivity index (χ0n) is 10.8. The molecular formula is C11H15ClN2O4S2. The van der Waals surface area contributed by atoms with Crippen molar-refractivity contribution in [2.75, 3.05) is 30.3 Å². The van der Waals surface area contributed by atoms with Crippen molar-refractivity contribution in [1.29, 1.82) is 0 Å². The Bertz CT molecular complexity index is 707. The normalized spacial score (nSPS) is 19.9. The van der Waals surface area contributed by atoms with E-state index in [9.17, 15) is 16.8 Å². The third-order valence-corrected chi connectivity index (χ3v) is 7.18. The van der Waals surface area contributed by atoms with Crippen LogP contribution in [0.2, 0.25) is 5.02 Å². The third-order valence-electron chi connectivity index (χ3n) is 3.30. The molecule has 1 aliphatic heterocycles. The molecule has 1 aromatic carbocycles. The van der Waals surface area contributed by atoms with Gasteiger partial charge in [0, 0.05) is 23.8 Å². The zero-order chi connectivity index (χ0) is 15.1. The van der Waals surface area contributed by atoms with E-state index < -0.39 is 19.9 Å². The van der Waals surface area contributed by atoms with E-state index >= 15 is 0 Å². The molecular weight excluding hydrogens is 324 g/mol. The van der Waals surface area contributed by atoms with Crippen molar-refractivity contribution in [2.24, 2.45) is 0 Å². The molecule has 0 unspecified atom stereocenters. The number of hydrogen-bond donors (Lipinski definition) is 1. The van der Waals surface area contributed by atoms with Crippen LogP contribution in [0.15, 0.2) is 17.0 Å². The number of nitrogens with zero attached hydrogens (tertiary/aromatic N) is 1. The highest BCUT2D eigenvalue weighted by Gasteiger charge is 2.31. The summed E-state index contributed by atoms with van der Waals surface area (Å²) in [7, 11) is -6.91. The molecule has 0 bridgehead atoms. The quantitative estimate of drug-likeness (QED) is 0.798. The molecule has 1 fully saturated rings. The molecule has 1 aromatic rings. The van der Waals surface area contributed by atoms with Crippen molar-refractivity contribution in [3.63, 3.8) is 0 Å². The Kier molecular flexibility index (Phi) is 4.03. The van der Waals surface area contributed by atoms with Crippen LogP contribution < -0.4 is 5.73 Å². The van der Waals surface area contributed by atoms with Gasteiger partial charge in [-0.15, -0.1) is 0 Å². The van der Waals surface area contributed by atoms with Gasteiger partial charge in [0.1, 0.15) is 0 Å². The van der Waals surface area contributed by atoms with E-state index in [4.69, 9.17) is 17.3 Å². The van der Waals surface area contributed by atoms with E-state index in [2.05, 4.69) is 0 Å². The molecule has 0 atom stereocenters. The summed E-state index contributed by atoms with van der Waals surface area (Å²) in [6.07, 6.45) is 0. The van der Waals surface area contributed by atoms with E-state index in [1.807, 2.05) is 0 Å². The molecule has 0 radical (unpaired) electrons. The molecule has 0 saturated carbocycles. The summed E-state index contributed by atoms with van der Waals surface area (Å²) in [5.41, 5.74) is 6.64. The fourth-order valence-electron chi connectivity index (χ4n) is 1.91. The second kappa shape index (κ2) is 5.18. The minimum absolute atomic E-state index is 0.00935. The number of sulfonamides is 1. The molecule has 0 spiro atoms. The Morgan fingerprint density at radius 3 is 2.30 bits per heavy atom. The van der Waals surface area contributed by atoms with Gasteiger partial charge in [0.05, 0.1) is 16.4 Å². The third kappa shape index (κ3) is 2.93. The molecule has 6 nitrogen and oxygen atoms in total. The smallest absolute Gasteiger partial charge is 0.243 e. The number of sulfone groups is 1. The fourth-order valence-corrected chi connectivity index (χ4v) is 5.14. The highest BCUT2D eigenvalue weighted by molar-refractivity contribution is 7.92. The lowest BCUT2D eigenvalue weighted by atomic mass is 10.2. The van der Waals surface area contributed by atoms with Crippen molar-refractivity contribution in [2.45, 2.75) is 11.8 Å². The lowest BCUT2D eigenvalue weighted by Crippen LogP contribution is -2.43. The van der Waals surface area contributed by atoms with Crippen molar-refractivity contribution in [3.05, 3.63) is 22.7 Å². The Balaban J connectivity index is 2.37. The van der Waals surface area contributed by atoms with Gasteiger partial charge in [0.25, 0.3) is 0 Å². The summed E-state index contributed by atoms with van der Waals surface area (Å²) in [4.78, 5) is -0.00935. The molecule has 0 aromatic heterocycles. The minimum Gasteiger partial charge on any atom is -0.398 e. The summed E-state index contributed by atoms with van der Waals surface area (Å²) in [6, 6.07) is 2.69. The summed E-state index contributed by atoms with van der Waals surface area (Å²) >= 11 is 5.95. The second-order valence-electron chi connectivity index (χ2n) is 4.68. The van der Waals surface area contributed by atoms with Crippen LogP contribution in [0, 0.1) is 6.92 Å². The van der Waals surface area contributed by atoms with Crippen LogP contribution in [-0.2, 0) is 19.9 Å². The van der Waals surface area contributed by atoms with Gasteiger partial charge in [-0.2, -0.15) is 4.31 Å². The number of hydrogen-bond acceptors (Lipinski definition) is 5. The number of benzene rings is 1. The van der Waals surface area contributed by atoms with Crippen LogP contribution in [0.25, 0.3) is 0 Å². The average molecular weight is 339 g/mol. The van der Waals surface area contributed by atoms with E-state index in [0.717, 1.165) is 4.31 Å². The molecule has 1 saturated heterocycles. The Labute approximate surface area is 123 Å². The number of nitrogens with two attached hydrogens (primary N) is 1. The maximum absolute atomic E-state index is 12.4. The zero-order valence-corrected chi connectivity index (χ0v) is 13.2. The summed E-state index contributed by atoms with van der Waals surface area (Å²) in [5.74, 6) is -0.331. The van der Waals surface area contributed by atoms with Crippen LogP contribution in [0.4, 0.5) is 5.69 Å². The molecule has 2 N–H and O–H groups in total. The van der Waals surface area contributed by atoms with Crippen LogP contribution >= 0.6 is 11.6 Å². The van der Waals surface area contributed by atoms with Gasteiger partial charge in [-0.1, -0.05) is 11.6 Å². The standard InChI is InChI=1S/C11H15ClN2O4S2/c1-8-10(12)6-9(7-11(8)13)20(17,18)14-2-4-19(15,16)5-3-14/h6-7H,2-5,13H2,1H3. The first kappa shape index (κ1) is 15.6. The van der Waals surface area contributed by atoms with Crippen LogP contribution in [0.3, 0.4) is 0 Å². The monoisotopic (exact) mass is 338 g/mol. The molecule has 0 aliphatic carbocycles. The first-order valence-corrected chi connectivity index (χ1v) is 9.53. The van der Waals surface area contributed by atoms with Gasteiger partial charge in [-0.3, -0.25) is 0 Å². The van der Waals surface area contributed by atoms with E-state index in [1.165, 1.54) is 12.1 Å². The highest BCUT2D eigenvalue weighted by atomic mass is 35.5. The average Bonchev–Trinajstić information content (AvgIpc) is 2.34. The minimum atomic E-state index is -3.77. The van der Waals surface area contributed by atoms with E-state index in [1.54, 1.807) is 6.92 Å². The second-order valence-corrected chi connectivity index (χ2v) is 9.32. The molecule has 9 heteroatoms. The van der Waals surface area contributed by atoms with Crippen molar-refractivity contribution in [3.8, 4) is 0 Å². The summed E-state index contributed by atoms with van der Waals surface area (Å²) < 4.78 is 48.7. The van der Waals surface area contributed by atoms with Crippen molar-refractivity contribution < 1.29 is 16.8 Å². The van der Waals surface area contributed by atoms with Gasteiger partial charge in [-0.25, -0.2) is 16.8 Å². The van der Waals surface area contributed by atoms with Crippen LogP contribution in [-0.4, -0.2) is 45.7 Å². The Morgan fingerprint density at radius 1 is 1.25 bits per heavy atom. The Hall–Kier alpha value is -0.830. The molecule has 20 heavy (non-hydrogen) atoms. The Morgan fingerprint density at radius 2 is 1.80 bits per heavy atom. The predicted octanol–water partition coefficient (Wildman–Crippen LogP) is 0.650. The molecule has 1 heterocycles. The van der Waals surface area contributed by atoms with Crippen molar-refractivity contribution in [1.82, 2.24) is 4.31 Å². The van der Waals surface area contributed by atoms with Crippen LogP contribution in [0.5, 0.6) is 0 Å². The molecule has 112 valence electrons. The van der Waals surface area contributed by atoms with Gasteiger partial charge < -0.3 is 5.73 Å². The highest BCUT2D eigenvalue weighted by Crippen LogP contribution is 2.28. The lowest BCUT2D eigenvalue weighted by molar-refractivity contribution is 0.431. The van der Waals surface area contributed by atoms with Gasteiger partial charge in [0.2, 0.25) is 10.0 Å². The number of nitrogen functional groups attached to an aromatic ring is 1.